The van der Waals surface area contributed by atoms with Gasteiger partial charge in [0.1, 0.15) is 0 Å². The molecule has 2 aromatic rings. The molecule has 2 fully saturated rings. The van der Waals surface area contributed by atoms with E-state index in [0.29, 0.717) is 22.9 Å². The maximum absolute atomic E-state index is 13.2. The molecule has 2 aliphatic rings. The van der Waals surface area contributed by atoms with Crippen molar-refractivity contribution in [3.63, 3.8) is 0 Å². The fourth-order valence-corrected chi connectivity index (χ4v) is 4.58. The number of likely N-dealkylation sites (tertiary alicyclic amines) is 2. The van der Waals surface area contributed by atoms with E-state index in [1.54, 1.807) is 18.2 Å². The molecule has 2 aliphatic heterocycles. The number of anilines is 1. The van der Waals surface area contributed by atoms with Gasteiger partial charge in [-0.15, -0.1) is 0 Å². The van der Waals surface area contributed by atoms with Crippen molar-refractivity contribution in [3.8, 4) is 0 Å². The molecular formula is C22H24BrN3O2. The Bertz CT molecular complexity index is 880. The molecule has 1 N–H and O–H groups in total. The van der Waals surface area contributed by atoms with E-state index in [9.17, 15) is 9.59 Å². The van der Waals surface area contributed by atoms with Crippen molar-refractivity contribution in [1.29, 1.82) is 0 Å². The number of nitrogens with one attached hydrogen (secondary N) is 1. The van der Waals surface area contributed by atoms with Gasteiger partial charge in [0, 0.05) is 23.6 Å². The zero-order valence-corrected chi connectivity index (χ0v) is 17.3. The number of carbonyl (C=O) groups is 2. The molecule has 0 spiro atoms. The predicted octanol–water partition coefficient (Wildman–Crippen LogP) is 4.01. The molecule has 2 amide bonds. The number of benzene rings is 2. The van der Waals surface area contributed by atoms with Crippen LogP contribution in [0.1, 0.15) is 40.0 Å². The minimum atomic E-state index is -0.232. The SMILES string of the molecule is O=C(Nc1ccccc1C(=O)N1CCC(N2CCCC2)C1)c1ccccc1Br. The van der Waals surface area contributed by atoms with Crippen LogP contribution < -0.4 is 5.32 Å². The Morgan fingerprint density at radius 3 is 2.36 bits per heavy atom. The van der Waals surface area contributed by atoms with Crippen LogP contribution in [0.15, 0.2) is 53.0 Å². The standard InChI is InChI=1S/C22H24BrN3O2/c23-19-9-3-1-7-17(19)21(27)24-20-10-4-2-8-18(20)22(28)26-14-11-16(15-26)25-12-5-6-13-25/h1-4,7-10,16H,5-6,11-15H2,(H,24,27). The van der Waals surface area contributed by atoms with Crippen molar-refractivity contribution in [2.45, 2.75) is 25.3 Å². The summed E-state index contributed by atoms with van der Waals surface area (Å²) in [5.74, 6) is -0.242. The van der Waals surface area contributed by atoms with Gasteiger partial charge in [0.2, 0.25) is 0 Å². The third kappa shape index (κ3) is 3.98. The highest BCUT2D eigenvalue weighted by Gasteiger charge is 2.32. The Kier molecular flexibility index (Phi) is 5.78. The Morgan fingerprint density at radius 2 is 1.61 bits per heavy atom. The van der Waals surface area contributed by atoms with E-state index < -0.39 is 0 Å². The van der Waals surface area contributed by atoms with E-state index in [4.69, 9.17) is 0 Å². The van der Waals surface area contributed by atoms with Crippen LogP contribution in [0.3, 0.4) is 0 Å². The normalized spacial score (nSPS) is 19.8. The molecule has 1 atom stereocenters. The Balaban J connectivity index is 1.49. The minimum Gasteiger partial charge on any atom is -0.337 e. The smallest absolute Gasteiger partial charge is 0.256 e. The van der Waals surface area contributed by atoms with E-state index in [2.05, 4.69) is 26.1 Å². The zero-order valence-electron chi connectivity index (χ0n) is 15.7. The summed E-state index contributed by atoms with van der Waals surface area (Å²) in [6.45, 7) is 3.83. The predicted molar refractivity (Wildman–Crippen MR) is 114 cm³/mol. The second kappa shape index (κ2) is 8.45. The molecule has 28 heavy (non-hydrogen) atoms. The molecule has 0 aliphatic carbocycles. The average molecular weight is 442 g/mol. The molecule has 6 heteroatoms. The number of para-hydroxylation sites is 1. The van der Waals surface area contributed by atoms with Crippen molar-refractivity contribution in [3.05, 3.63) is 64.1 Å². The molecule has 1 unspecified atom stereocenters. The summed E-state index contributed by atoms with van der Waals surface area (Å²) in [6.07, 6.45) is 3.54. The van der Waals surface area contributed by atoms with E-state index in [0.717, 1.165) is 37.1 Å². The van der Waals surface area contributed by atoms with Crippen LogP contribution in [0.25, 0.3) is 0 Å². The largest absolute Gasteiger partial charge is 0.337 e. The Hall–Kier alpha value is -2.18. The average Bonchev–Trinajstić information content (AvgIpc) is 3.40. The van der Waals surface area contributed by atoms with Gasteiger partial charge in [-0.25, -0.2) is 0 Å². The number of carbonyl (C=O) groups excluding carboxylic acids is 2. The third-order valence-corrected chi connectivity index (χ3v) is 6.32. The quantitative estimate of drug-likeness (QED) is 0.779. The first-order chi connectivity index (χ1) is 13.6. The molecule has 2 saturated heterocycles. The summed E-state index contributed by atoms with van der Waals surface area (Å²) < 4.78 is 0.726. The molecule has 146 valence electrons. The maximum Gasteiger partial charge on any atom is 0.256 e. The highest BCUT2D eigenvalue weighted by molar-refractivity contribution is 9.10. The first-order valence-corrected chi connectivity index (χ1v) is 10.6. The fourth-order valence-electron chi connectivity index (χ4n) is 4.12. The van der Waals surface area contributed by atoms with Crippen molar-refractivity contribution in [1.82, 2.24) is 9.80 Å². The summed E-state index contributed by atoms with van der Waals surface area (Å²) >= 11 is 3.41. The van der Waals surface area contributed by atoms with Gasteiger partial charge < -0.3 is 10.2 Å². The van der Waals surface area contributed by atoms with Crippen molar-refractivity contribution in [2.24, 2.45) is 0 Å². The van der Waals surface area contributed by atoms with Gasteiger partial charge in [-0.3, -0.25) is 14.5 Å². The number of hydrogen-bond acceptors (Lipinski definition) is 3. The van der Waals surface area contributed by atoms with Gasteiger partial charge in [-0.1, -0.05) is 24.3 Å². The van der Waals surface area contributed by atoms with Gasteiger partial charge in [-0.2, -0.15) is 0 Å². The Labute approximate surface area is 173 Å². The van der Waals surface area contributed by atoms with Gasteiger partial charge in [0.25, 0.3) is 11.8 Å². The second-order valence-electron chi connectivity index (χ2n) is 7.42. The minimum absolute atomic E-state index is 0.00951. The molecule has 0 saturated carbocycles. The number of rotatable bonds is 4. The van der Waals surface area contributed by atoms with Crippen molar-refractivity contribution >= 4 is 33.4 Å². The van der Waals surface area contributed by atoms with E-state index in [1.165, 1.54) is 12.8 Å². The van der Waals surface area contributed by atoms with E-state index in [1.807, 2.05) is 35.2 Å². The second-order valence-corrected chi connectivity index (χ2v) is 8.27. The van der Waals surface area contributed by atoms with Crippen LogP contribution in [0, 0.1) is 0 Å². The molecule has 0 radical (unpaired) electrons. The summed E-state index contributed by atoms with van der Waals surface area (Å²) in [7, 11) is 0. The first kappa shape index (κ1) is 19.2. The van der Waals surface area contributed by atoms with Crippen LogP contribution in [0.5, 0.6) is 0 Å². The molecular weight excluding hydrogens is 418 g/mol. The number of amides is 2. The number of nitrogens with zero attached hydrogens (tertiary/aromatic N) is 2. The molecule has 2 heterocycles. The molecule has 0 aromatic heterocycles. The van der Waals surface area contributed by atoms with Crippen molar-refractivity contribution < 1.29 is 9.59 Å². The van der Waals surface area contributed by atoms with Crippen LogP contribution in [-0.2, 0) is 0 Å². The lowest BCUT2D eigenvalue weighted by Crippen LogP contribution is -2.37. The maximum atomic E-state index is 13.2. The summed E-state index contributed by atoms with van der Waals surface area (Å²) in [5.41, 5.74) is 1.64. The van der Waals surface area contributed by atoms with Gasteiger partial charge >= 0.3 is 0 Å². The van der Waals surface area contributed by atoms with Crippen LogP contribution in [-0.4, -0.2) is 53.8 Å². The molecule has 4 rings (SSSR count). The lowest BCUT2D eigenvalue weighted by molar-refractivity contribution is 0.0781. The highest BCUT2D eigenvalue weighted by Crippen LogP contribution is 2.25. The summed E-state index contributed by atoms with van der Waals surface area (Å²) in [5, 5.41) is 2.91. The van der Waals surface area contributed by atoms with Gasteiger partial charge in [0.05, 0.1) is 16.8 Å². The number of halogens is 1. The van der Waals surface area contributed by atoms with Gasteiger partial charge in [0.15, 0.2) is 0 Å². The number of hydrogen-bond donors (Lipinski definition) is 1. The molecule has 0 bridgehead atoms. The summed E-state index contributed by atoms with van der Waals surface area (Å²) in [6, 6.07) is 15.0. The van der Waals surface area contributed by atoms with Crippen molar-refractivity contribution in [2.75, 3.05) is 31.5 Å². The summed E-state index contributed by atoms with van der Waals surface area (Å²) in [4.78, 5) is 30.3. The zero-order chi connectivity index (χ0) is 19.5. The third-order valence-electron chi connectivity index (χ3n) is 5.63. The van der Waals surface area contributed by atoms with Gasteiger partial charge in [-0.05, 0) is 72.5 Å². The van der Waals surface area contributed by atoms with E-state index >= 15 is 0 Å². The van der Waals surface area contributed by atoms with E-state index in [-0.39, 0.29) is 11.8 Å². The monoisotopic (exact) mass is 441 g/mol. The van der Waals surface area contributed by atoms with Crippen LogP contribution in [0.2, 0.25) is 0 Å². The lowest BCUT2D eigenvalue weighted by Gasteiger charge is -2.24. The lowest BCUT2D eigenvalue weighted by atomic mass is 10.1. The molecule has 5 nitrogen and oxygen atoms in total. The van der Waals surface area contributed by atoms with Crippen LogP contribution >= 0.6 is 15.9 Å². The highest BCUT2D eigenvalue weighted by atomic mass is 79.9. The fraction of sp³-hybridized carbons (Fsp3) is 0.364. The molecule has 2 aromatic carbocycles. The first-order valence-electron chi connectivity index (χ1n) is 9.82. The Morgan fingerprint density at radius 1 is 0.929 bits per heavy atom. The topological polar surface area (TPSA) is 52.7 Å². The van der Waals surface area contributed by atoms with Crippen LogP contribution in [0.4, 0.5) is 5.69 Å².